The molecule has 0 aliphatic heterocycles. The summed E-state index contributed by atoms with van der Waals surface area (Å²) in [5.41, 5.74) is 0.981. The minimum Gasteiger partial charge on any atom is -0.466 e. The number of hydrogen-bond donors (Lipinski definition) is 1. The fourth-order valence-corrected chi connectivity index (χ4v) is 2.42. The quantitative estimate of drug-likeness (QED) is 0.829. The van der Waals surface area contributed by atoms with Crippen LogP contribution >= 0.6 is 11.5 Å². The molecule has 106 valence electrons. The normalized spacial score (nSPS) is 11.9. The smallest absolute Gasteiger partial charge is 0.307 e. The molecular formula is C14H17N3O2S. The zero-order valence-corrected chi connectivity index (χ0v) is 12.3. The number of esters is 1. The van der Waals surface area contributed by atoms with Gasteiger partial charge in [0.05, 0.1) is 13.0 Å². The van der Waals surface area contributed by atoms with Gasteiger partial charge in [-0.2, -0.15) is 9.36 Å². The van der Waals surface area contributed by atoms with E-state index in [4.69, 9.17) is 4.74 Å². The summed E-state index contributed by atoms with van der Waals surface area (Å²) in [5, 5.41) is 3.87. The third-order valence-electron chi connectivity index (χ3n) is 2.61. The minimum atomic E-state index is -0.208. The molecule has 0 fully saturated rings. The fourth-order valence-electron chi connectivity index (χ4n) is 1.72. The van der Waals surface area contributed by atoms with E-state index in [-0.39, 0.29) is 12.0 Å². The van der Waals surface area contributed by atoms with E-state index in [0.717, 1.165) is 5.56 Å². The lowest BCUT2D eigenvalue weighted by Crippen LogP contribution is -2.20. The highest BCUT2D eigenvalue weighted by atomic mass is 32.1. The first-order valence-electron chi connectivity index (χ1n) is 6.50. The highest BCUT2D eigenvalue weighted by molar-refractivity contribution is 7.09. The Kier molecular flexibility index (Phi) is 5.06. The summed E-state index contributed by atoms with van der Waals surface area (Å²) in [6, 6.07) is 9.75. The number of carbonyl (C=O) groups is 1. The predicted octanol–water partition coefficient (Wildman–Crippen LogP) is 2.96. The van der Waals surface area contributed by atoms with Crippen LogP contribution in [0.1, 0.15) is 20.3 Å². The molecule has 1 unspecified atom stereocenters. The van der Waals surface area contributed by atoms with Gasteiger partial charge >= 0.3 is 5.97 Å². The van der Waals surface area contributed by atoms with Crippen LogP contribution in [-0.2, 0) is 9.53 Å². The molecule has 5 nitrogen and oxygen atoms in total. The SMILES string of the molecule is CCOC(=O)CC(C)Nc1nc(-c2ccccc2)ns1. The second-order valence-corrected chi connectivity index (χ2v) is 5.10. The average Bonchev–Trinajstić information content (AvgIpc) is 2.88. The molecule has 1 heterocycles. The van der Waals surface area contributed by atoms with Crippen LogP contribution < -0.4 is 5.32 Å². The lowest BCUT2D eigenvalue weighted by atomic mass is 10.2. The molecule has 0 saturated heterocycles. The predicted molar refractivity (Wildman–Crippen MR) is 79.7 cm³/mol. The monoisotopic (exact) mass is 291 g/mol. The number of aromatic nitrogens is 2. The maximum atomic E-state index is 11.4. The van der Waals surface area contributed by atoms with E-state index in [1.165, 1.54) is 11.5 Å². The van der Waals surface area contributed by atoms with Crippen LogP contribution in [0.4, 0.5) is 5.13 Å². The maximum Gasteiger partial charge on any atom is 0.307 e. The van der Waals surface area contributed by atoms with E-state index in [0.29, 0.717) is 24.0 Å². The highest BCUT2D eigenvalue weighted by Crippen LogP contribution is 2.21. The molecule has 0 amide bonds. The molecule has 1 aromatic carbocycles. The standard InChI is InChI=1S/C14H17N3O2S/c1-3-19-12(18)9-10(2)15-14-16-13(17-20-14)11-7-5-4-6-8-11/h4-8,10H,3,9H2,1-2H3,(H,15,16,17). The van der Waals surface area contributed by atoms with Crippen molar-refractivity contribution in [2.24, 2.45) is 0 Å². The largest absolute Gasteiger partial charge is 0.466 e. The summed E-state index contributed by atoms with van der Waals surface area (Å²) in [4.78, 5) is 15.8. The Balaban J connectivity index is 1.94. The van der Waals surface area contributed by atoms with Gasteiger partial charge in [-0.1, -0.05) is 30.3 Å². The maximum absolute atomic E-state index is 11.4. The summed E-state index contributed by atoms with van der Waals surface area (Å²) in [5.74, 6) is 0.488. The zero-order chi connectivity index (χ0) is 14.4. The summed E-state index contributed by atoms with van der Waals surface area (Å²) in [6.07, 6.45) is 0.314. The van der Waals surface area contributed by atoms with Gasteiger partial charge in [-0.15, -0.1) is 0 Å². The van der Waals surface area contributed by atoms with Crippen molar-refractivity contribution in [3.05, 3.63) is 30.3 Å². The van der Waals surface area contributed by atoms with Gasteiger partial charge in [0.1, 0.15) is 0 Å². The van der Waals surface area contributed by atoms with Crippen molar-refractivity contribution in [1.82, 2.24) is 9.36 Å². The molecule has 0 spiro atoms. The van der Waals surface area contributed by atoms with Crippen LogP contribution in [0.3, 0.4) is 0 Å². The summed E-state index contributed by atoms with van der Waals surface area (Å²) < 4.78 is 9.22. The van der Waals surface area contributed by atoms with Crippen LogP contribution in [0, 0.1) is 0 Å². The molecule has 1 N–H and O–H groups in total. The molecule has 2 aromatic rings. The topological polar surface area (TPSA) is 64.1 Å². The average molecular weight is 291 g/mol. The third kappa shape index (κ3) is 4.03. The molecule has 0 aliphatic rings. The van der Waals surface area contributed by atoms with Crippen molar-refractivity contribution in [2.75, 3.05) is 11.9 Å². The van der Waals surface area contributed by atoms with Gasteiger partial charge in [0.2, 0.25) is 5.13 Å². The van der Waals surface area contributed by atoms with E-state index >= 15 is 0 Å². The Morgan fingerprint density at radius 3 is 2.85 bits per heavy atom. The van der Waals surface area contributed by atoms with Crippen LogP contribution in [0.15, 0.2) is 30.3 Å². The number of anilines is 1. The first-order valence-corrected chi connectivity index (χ1v) is 7.27. The molecule has 1 atom stereocenters. The number of benzene rings is 1. The summed E-state index contributed by atoms with van der Waals surface area (Å²) >= 11 is 1.29. The van der Waals surface area contributed by atoms with Crippen molar-refractivity contribution in [2.45, 2.75) is 26.3 Å². The fraction of sp³-hybridized carbons (Fsp3) is 0.357. The van der Waals surface area contributed by atoms with Crippen LogP contribution in [0.5, 0.6) is 0 Å². The number of ether oxygens (including phenoxy) is 1. The molecule has 1 aromatic heterocycles. The van der Waals surface area contributed by atoms with Crippen LogP contribution in [-0.4, -0.2) is 28.0 Å². The first-order chi connectivity index (χ1) is 9.69. The third-order valence-corrected chi connectivity index (χ3v) is 3.25. The minimum absolute atomic E-state index is 0.0365. The molecule has 6 heteroatoms. The Morgan fingerprint density at radius 2 is 2.15 bits per heavy atom. The van der Waals surface area contributed by atoms with E-state index in [9.17, 15) is 4.79 Å². The lowest BCUT2D eigenvalue weighted by molar-refractivity contribution is -0.143. The van der Waals surface area contributed by atoms with Gasteiger partial charge in [-0.25, -0.2) is 0 Å². The Hall–Kier alpha value is -1.95. The molecule has 0 aliphatic carbocycles. The second kappa shape index (κ2) is 7.00. The zero-order valence-electron chi connectivity index (χ0n) is 11.5. The molecule has 20 heavy (non-hydrogen) atoms. The van der Waals surface area contributed by atoms with Gasteiger partial charge in [0.15, 0.2) is 5.82 Å². The number of nitrogens with zero attached hydrogens (tertiary/aromatic N) is 2. The number of hydrogen-bond acceptors (Lipinski definition) is 6. The van der Waals surface area contributed by atoms with Crippen molar-refractivity contribution >= 4 is 22.6 Å². The van der Waals surface area contributed by atoms with Gasteiger partial charge in [0.25, 0.3) is 0 Å². The Bertz CT molecular complexity index is 557. The lowest BCUT2D eigenvalue weighted by Gasteiger charge is -2.11. The van der Waals surface area contributed by atoms with Crippen molar-refractivity contribution in [1.29, 1.82) is 0 Å². The van der Waals surface area contributed by atoms with Crippen LogP contribution in [0.2, 0.25) is 0 Å². The molecule has 2 rings (SSSR count). The Labute approximate surface area is 122 Å². The molecule has 0 bridgehead atoms. The summed E-state index contributed by atoms with van der Waals surface area (Å²) in [6.45, 7) is 4.12. The first kappa shape index (κ1) is 14.5. The summed E-state index contributed by atoms with van der Waals surface area (Å²) in [7, 11) is 0. The number of carbonyl (C=O) groups excluding carboxylic acids is 1. The van der Waals surface area contributed by atoms with E-state index in [1.807, 2.05) is 37.3 Å². The van der Waals surface area contributed by atoms with Gasteiger partial charge < -0.3 is 10.1 Å². The molecular weight excluding hydrogens is 274 g/mol. The highest BCUT2D eigenvalue weighted by Gasteiger charge is 2.12. The van der Waals surface area contributed by atoms with E-state index in [2.05, 4.69) is 14.7 Å². The van der Waals surface area contributed by atoms with Crippen molar-refractivity contribution < 1.29 is 9.53 Å². The second-order valence-electron chi connectivity index (χ2n) is 4.34. The van der Waals surface area contributed by atoms with Crippen molar-refractivity contribution in [3.63, 3.8) is 0 Å². The van der Waals surface area contributed by atoms with Crippen molar-refractivity contribution in [3.8, 4) is 11.4 Å². The molecule has 0 radical (unpaired) electrons. The van der Waals surface area contributed by atoms with Gasteiger partial charge in [-0.05, 0) is 13.8 Å². The number of nitrogens with one attached hydrogen (secondary N) is 1. The van der Waals surface area contributed by atoms with Gasteiger partial charge in [0, 0.05) is 23.1 Å². The molecule has 0 saturated carbocycles. The van der Waals surface area contributed by atoms with E-state index in [1.54, 1.807) is 6.92 Å². The Morgan fingerprint density at radius 1 is 1.40 bits per heavy atom. The van der Waals surface area contributed by atoms with E-state index < -0.39 is 0 Å². The van der Waals surface area contributed by atoms with Crippen LogP contribution in [0.25, 0.3) is 11.4 Å². The number of rotatable bonds is 6. The van der Waals surface area contributed by atoms with Gasteiger partial charge in [-0.3, -0.25) is 4.79 Å².